The summed E-state index contributed by atoms with van der Waals surface area (Å²) in [5.74, 6) is 0. The largest absolute Gasteiger partial charge is 0.103 e. The summed E-state index contributed by atoms with van der Waals surface area (Å²) in [6, 6.07) is 9.46. The van der Waals surface area contributed by atoms with Crippen LogP contribution in [-0.4, -0.2) is 0 Å². The zero-order chi connectivity index (χ0) is 20.1. The van der Waals surface area contributed by atoms with Crippen molar-refractivity contribution < 1.29 is 0 Å². The summed E-state index contributed by atoms with van der Waals surface area (Å²) in [5, 5.41) is 0. The van der Waals surface area contributed by atoms with Gasteiger partial charge in [-0.25, -0.2) is 0 Å². The van der Waals surface area contributed by atoms with E-state index in [-0.39, 0.29) is 0 Å². The third kappa shape index (κ3) is 14.7. The monoisotopic (exact) mass is 382 g/mol. The van der Waals surface area contributed by atoms with E-state index < -0.39 is 0 Å². The van der Waals surface area contributed by atoms with Crippen molar-refractivity contribution in [1.29, 1.82) is 0 Å². The summed E-state index contributed by atoms with van der Waals surface area (Å²) in [5.41, 5.74) is 3.04. The number of benzene rings is 1. The first-order valence-corrected chi connectivity index (χ1v) is 12.2. The van der Waals surface area contributed by atoms with Gasteiger partial charge < -0.3 is 0 Å². The minimum atomic E-state index is 1.19. The summed E-state index contributed by atoms with van der Waals surface area (Å²) in [6.45, 7) is 7.57. The van der Waals surface area contributed by atoms with E-state index in [1.807, 2.05) is 12.2 Å². The second-order valence-electron chi connectivity index (χ2n) is 8.42. The summed E-state index contributed by atoms with van der Waals surface area (Å²) in [7, 11) is 0. The molecule has 28 heavy (non-hydrogen) atoms. The minimum absolute atomic E-state index is 1.19. The molecule has 158 valence electrons. The molecule has 1 aromatic carbocycles. The standard InChI is InChI=1S/C28H46/c1-3-5-7-9-11-13-15-17-19-21-27-23-25-28(26-24-27)22-20-18-16-14-12-10-8-6-4-2/h3-4,23-26H,1-2,5-22H2. The van der Waals surface area contributed by atoms with Crippen LogP contribution in [0.25, 0.3) is 0 Å². The molecule has 0 nitrogen and oxygen atoms in total. The Balaban J connectivity index is 1.96. The molecule has 0 aliphatic heterocycles. The SMILES string of the molecule is C=CCCCCCCCCCc1ccc(CCCCCCCCCC=C)cc1. The van der Waals surface area contributed by atoms with E-state index >= 15 is 0 Å². The van der Waals surface area contributed by atoms with E-state index in [2.05, 4.69) is 37.4 Å². The van der Waals surface area contributed by atoms with Crippen molar-refractivity contribution in [2.75, 3.05) is 0 Å². The van der Waals surface area contributed by atoms with Crippen molar-refractivity contribution in [3.05, 3.63) is 60.7 Å². The summed E-state index contributed by atoms with van der Waals surface area (Å²) < 4.78 is 0. The van der Waals surface area contributed by atoms with Crippen molar-refractivity contribution in [1.82, 2.24) is 0 Å². The molecule has 0 saturated heterocycles. The number of hydrogen-bond donors (Lipinski definition) is 0. The molecule has 0 unspecified atom stereocenters. The molecule has 1 rings (SSSR count). The third-order valence-electron chi connectivity index (χ3n) is 5.77. The molecular formula is C28H46. The molecule has 0 bridgehead atoms. The highest BCUT2D eigenvalue weighted by Gasteiger charge is 1.98. The molecule has 0 spiro atoms. The van der Waals surface area contributed by atoms with Gasteiger partial charge in [0.2, 0.25) is 0 Å². The van der Waals surface area contributed by atoms with Gasteiger partial charge in [0.25, 0.3) is 0 Å². The Morgan fingerprint density at radius 2 is 0.714 bits per heavy atom. The molecule has 0 heterocycles. The predicted molar refractivity (Wildman–Crippen MR) is 128 cm³/mol. The van der Waals surface area contributed by atoms with Crippen LogP contribution < -0.4 is 0 Å². The molecule has 0 saturated carbocycles. The van der Waals surface area contributed by atoms with Crippen LogP contribution in [0.1, 0.15) is 114 Å². The lowest BCUT2D eigenvalue weighted by Gasteiger charge is -2.06. The van der Waals surface area contributed by atoms with Gasteiger partial charge in [-0.05, 0) is 62.5 Å². The Kier molecular flexibility index (Phi) is 16.8. The molecule has 0 aliphatic rings. The first-order valence-electron chi connectivity index (χ1n) is 12.2. The maximum absolute atomic E-state index is 3.79. The van der Waals surface area contributed by atoms with Gasteiger partial charge in [0, 0.05) is 0 Å². The Labute approximate surface area is 176 Å². The van der Waals surface area contributed by atoms with Crippen LogP contribution in [0.4, 0.5) is 0 Å². The number of aryl methyl sites for hydroxylation is 2. The first-order chi connectivity index (χ1) is 13.9. The summed E-state index contributed by atoms with van der Waals surface area (Å²) in [6.07, 6.45) is 28.3. The predicted octanol–water partition coefficient (Wildman–Crippen LogP) is 9.39. The zero-order valence-electron chi connectivity index (χ0n) is 18.6. The van der Waals surface area contributed by atoms with E-state index in [0.29, 0.717) is 0 Å². The molecule has 0 atom stereocenters. The van der Waals surface area contributed by atoms with Gasteiger partial charge in [-0.3, -0.25) is 0 Å². The van der Waals surface area contributed by atoms with Gasteiger partial charge in [-0.2, -0.15) is 0 Å². The molecule has 0 aliphatic carbocycles. The van der Waals surface area contributed by atoms with Crippen LogP contribution in [0.15, 0.2) is 49.6 Å². The molecule has 0 fully saturated rings. The highest BCUT2D eigenvalue weighted by Crippen LogP contribution is 2.15. The molecule has 0 radical (unpaired) electrons. The van der Waals surface area contributed by atoms with Gasteiger partial charge in [0.05, 0.1) is 0 Å². The van der Waals surface area contributed by atoms with Gasteiger partial charge in [0.1, 0.15) is 0 Å². The lowest BCUT2D eigenvalue weighted by atomic mass is 10.0. The molecule has 0 heteroatoms. The van der Waals surface area contributed by atoms with Crippen LogP contribution in [0.2, 0.25) is 0 Å². The fraction of sp³-hybridized carbons (Fsp3) is 0.643. The van der Waals surface area contributed by atoms with Crippen LogP contribution >= 0.6 is 0 Å². The van der Waals surface area contributed by atoms with E-state index in [1.165, 1.54) is 127 Å². The second-order valence-corrected chi connectivity index (χ2v) is 8.42. The normalized spacial score (nSPS) is 10.9. The fourth-order valence-corrected chi connectivity index (χ4v) is 3.88. The van der Waals surface area contributed by atoms with E-state index in [1.54, 1.807) is 0 Å². The Bertz CT molecular complexity index is 422. The summed E-state index contributed by atoms with van der Waals surface area (Å²) in [4.78, 5) is 0. The van der Waals surface area contributed by atoms with Gasteiger partial charge in [0.15, 0.2) is 0 Å². The summed E-state index contributed by atoms with van der Waals surface area (Å²) >= 11 is 0. The van der Waals surface area contributed by atoms with Crippen LogP contribution in [-0.2, 0) is 12.8 Å². The van der Waals surface area contributed by atoms with Crippen molar-refractivity contribution >= 4 is 0 Å². The smallest absolute Gasteiger partial charge is 0.0279 e. The average molecular weight is 383 g/mol. The maximum Gasteiger partial charge on any atom is -0.0279 e. The van der Waals surface area contributed by atoms with Crippen molar-refractivity contribution in [3.8, 4) is 0 Å². The quantitative estimate of drug-likeness (QED) is 0.156. The number of allylic oxidation sites excluding steroid dienone is 2. The number of rotatable bonds is 20. The fourth-order valence-electron chi connectivity index (χ4n) is 3.88. The lowest BCUT2D eigenvalue weighted by Crippen LogP contribution is -1.90. The van der Waals surface area contributed by atoms with Crippen molar-refractivity contribution in [3.63, 3.8) is 0 Å². The van der Waals surface area contributed by atoms with Gasteiger partial charge in [-0.15, -0.1) is 13.2 Å². The van der Waals surface area contributed by atoms with Crippen LogP contribution in [0.3, 0.4) is 0 Å². The second kappa shape index (κ2) is 19.0. The topological polar surface area (TPSA) is 0 Å². The Morgan fingerprint density at radius 3 is 1.04 bits per heavy atom. The van der Waals surface area contributed by atoms with E-state index in [9.17, 15) is 0 Å². The molecular weight excluding hydrogens is 336 g/mol. The van der Waals surface area contributed by atoms with Gasteiger partial charge in [-0.1, -0.05) is 101 Å². The number of unbranched alkanes of at least 4 members (excludes halogenated alkanes) is 14. The highest BCUT2D eigenvalue weighted by atomic mass is 14.0. The maximum atomic E-state index is 3.79. The molecule has 0 aromatic heterocycles. The van der Waals surface area contributed by atoms with Crippen LogP contribution in [0.5, 0.6) is 0 Å². The number of hydrogen-bond acceptors (Lipinski definition) is 0. The highest BCUT2D eigenvalue weighted by molar-refractivity contribution is 5.22. The average Bonchev–Trinajstić information content (AvgIpc) is 2.72. The molecule has 0 amide bonds. The minimum Gasteiger partial charge on any atom is -0.103 e. The Morgan fingerprint density at radius 1 is 0.429 bits per heavy atom. The lowest BCUT2D eigenvalue weighted by molar-refractivity contribution is 0.580. The van der Waals surface area contributed by atoms with Crippen molar-refractivity contribution in [2.24, 2.45) is 0 Å². The Hall–Kier alpha value is -1.30. The first kappa shape index (κ1) is 24.7. The van der Waals surface area contributed by atoms with E-state index in [0.717, 1.165) is 0 Å². The third-order valence-corrected chi connectivity index (χ3v) is 5.77. The van der Waals surface area contributed by atoms with Crippen LogP contribution in [0, 0.1) is 0 Å². The molecule has 0 N–H and O–H groups in total. The zero-order valence-corrected chi connectivity index (χ0v) is 18.6. The van der Waals surface area contributed by atoms with Gasteiger partial charge >= 0.3 is 0 Å². The van der Waals surface area contributed by atoms with Crippen molar-refractivity contribution in [2.45, 2.75) is 116 Å². The van der Waals surface area contributed by atoms with E-state index in [4.69, 9.17) is 0 Å². The molecule has 1 aromatic rings.